The first-order valence-corrected chi connectivity index (χ1v) is 9.17. The fraction of sp³-hybridized carbons (Fsp3) is 0.500. The molecule has 1 amide bonds. The summed E-state index contributed by atoms with van der Waals surface area (Å²) in [5.74, 6) is -0.171. The smallest absolute Gasteiger partial charge is 0.349 e. The van der Waals surface area contributed by atoms with Gasteiger partial charge < -0.3 is 5.32 Å². The lowest BCUT2D eigenvalue weighted by molar-refractivity contribution is -0.137. The second kappa shape index (κ2) is 7.13. The number of nitrogens with one attached hydrogen (secondary N) is 1. The summed E-state index contributed by atoms with van der Waals surface area (Å²) in [5, 5.41) is 3.73. The van der Waals surface area contributed by atoms with Crippen molar-refractivity contribution in [3.8, 4) is 0 Å². The molecule has 2 aromatic rings. The van der Waals surface area contributed by atoms with E-state index in [1.807, 2.05) is 0 Å². The Bertz CT molecular complexity index is 715. The largest absolute Gasteiger partial charge is 0.416 e. The van der Waals surface area contributed by atoms with E-state index >= 15 is 0 Å². The van der Waals surface area contributed by atoms with Crippen LogP contribution in [0.5, 0.6) is 0 Å². The molecule has 1 fully saturated rings. The Morgan fingerprint density at radius 3 is 2.38 bits per heavy atom. The topological polar surface area (TPSA) is 29.1 Å². The molecule has 130 valence electrons. The number of amides is 1. The molecule has 0 unspecified atom stereocenters. The van der Waals surface area contributed by atoms with Gasteiger partial charge in [0.05, 0.1) is 10.4 Å². The minimum atomic E-state index is -4.36. The number of hydrogen-bond acceptors (Lipinski definition) is 2. The minimum absolute atomic E-state index is 0.171. The number of halogens is 3. The van der Waals surface area contributed by atoms with E-state index in [2.05, 4.69) is 5.32 Å². The van der Waals surface area contributed by atoms with Crippen LogP contribution in [-0.2, 0) is 6.18 Å². The van der Waals surface area contributed by atoms with Crippen molar-refractivity contribution in [3.05, 3.63) is 34.7 Å². The molecule has 0 radical (unpaired) electrons. The highest BCUT2D eigenvalue weighted by Crippen LogP contribution is 2.34. The molecule has 1 N–H and O–H groups in total. The molecule has 24 heavy (non-hydrogen) atoms. The SMILES string of the molecule is O=C(NC1CCCCCCC1)c1cc2ccc(C(F)(F)F)cc2s1. The summed E-state index contributed by atoms with van der Waals surface area (Å²) in [5.41, 5.74) is -0.677. The summed E-state index contributed by atoms with van der Waals surface area (Å²) in [7, 11) is 0. The van der Waals surface area contributed by atoms with Crippen LogP contribution in [0.25, 0.3) is 10.1 Å². The molecule has 1 aliphatic carbocycles. The first-order valence-electron chi connectivity index (χ1n) is 8.35. The van der Waals surface area contributed by atoms with Crippen LogP contribution in [-0.4, -0.2) is 11.9 Å². The molecule has 1 saturated carbocycles. The number of hydrogen-bond donors (Lipinski definition) is 1. The lowest BCUT2D eigenvalue weighted by atomic mass is 9.97. The van der Waals surface area contributed by atoms with E-state index in [1.54, 1.807) is 6.07 Å². The second-order valence-electron chi connectivity index (χ2n) is 6.38. The van der Waals surface area contributed by atoms with Gasteiger partial charge in [-0.25, -0.2) is 0 Å². The maximum absolute atomic E-state index is 12.8. The van der Waals surface area contributed by atoms with Gasteiger partial charge in [-0.15, -0.1) is 11.3 Å². The Morgan fingerprint density at radius 1 is 1.04 bits per heavy atom. The van der Waals surface area contributed by atoms with Gasteiger partial charge in [0, 0.05) is 10.7 Å². The van der Waals surface area contributed by atoms with E-state index in [0.717, 1.165) is 49.2 Å². The van der Waals surface area contributed by atoms with Crippen molar-refractivity contribution in [2.24, 2.45) is 0 Å². The van der Waals surface area contributed by atoms with Crippen LogP contribution < -0.4 is 5.32 Å². The molecule has 2 nitrogen and oxygen atoms in total. The zero-order valence-electron chi connectivity index (χ0n) is 13.3. The molecule has 0 atom stereocenters. The van der Waals surface area contributed by atoms with Gasteiger partial charge in [0.1, 0.15) is 0 Å². The molecule has 1 aliphatic rings. The van der Waals surface area contributed by atoms with E-state index in [1.165, 1.54) is 25.3 Å². The third-order valence-electron chi connectivity index (χ3n) is 4.51. The van der Waals surface area contributed by atoms with Crippen molar-refractivity contribution in [2.75, 3.05) is 0 Å². The number of carbonyl (C=O) groups is 1. The van der Waals surface area contributed by atoms with E-state index in [4.69, 9.17) is 0 Å². The average Bonchev–Trinajstić information content (AvgIpc) is 2.92. The summed E-state index contributed by atoms with van der Waals surface area (Å²) in [6.07, 6.45) is 3.51. The van der Waals surface area contributed by atoms with Gasteiger partial charge in [-0.05, 0) is 36.4 Å². The van der Waals surface area contributed by atoms with Gasteiger partial charge in [-0.3, -0.25) is 4.79 Å². The summed E-state index contributed by atoms with van der Waals surface area (Å²) in [6.45, 7) is 0. The summed E-state index contributed by atoms with van der Waals surface area (Å²) >= 11 is 1.12. The van der Waals surface area contributed by atoms with Crippen LogP contribution in [0.4, 0.5) is 13.2 Å². The van der Waals surface area contributed by atoms with Crippen molar-refractivity contribution in [2.45, 2.75) is 57.2 Å². The van der Waals surface area contributed by atoms with Crippen molar-refractivity contribution in [1.29, 1.82) is 0 Å². The second-order valence-corrected chi connectivity index (χ2v) is 7.46. The molecule has 0 saturated heterocycles. The standard InChI is InChI=1S/C18H20F3NOS/c19-18(20,21)13-9-8-12-10-16(24-15(12)11-13)17(23)22-14-6-4-2-1-3-5-7-14/h8-11,14H,1-7H2,(H,22,23). The highest BCUT2D eigenvalue weighted by molar-refractivity contribution is 7.20. The predicted octanol–water partition coefficient (Wildman–Crippen LogP) is 5.76. The quantitative estimate of drug-likeness (QED) is 0.729. The van der Waals surface area contributed by atoms with E-state index in [9.17, 15) is 18.0 Å². The fourth-order valence-corrected chi connectivity index (χ4v) is 4.18. The summed E-state index contributed by atoms with van der Waals surface area (Å²) in [4.78, 5) is 12.9. The molecule has 6 heteroatoms. The third-order valence-corrected chi connectivity index (χ3v) is 5.61. The fourth-order valence-electron chi connectivity index (χ4n) is 3.18. The van der Waals surface area contributed by atoms with Crippen molar-refractivity contribution in [3.63, 3.8) is 0 Å². The van der Waals surface area contributed by atoms with Gasteiger partial charge in [0.15, 0.2) is 0 Å². The minimum Gasteiger partial charge on any atom is -0.349 e. The lowest BCUT2D eigenvalue weighted by Gasteiger charge is -2.20. The average molecular weight is 355 g/mol. The molecule has 3 rings (SSSR count). The highest BCUT2D eigenvalue weighted by atomic mass is 32.1. The van der Waals surface area contributed by atoms with Crippen LogP contribution in [0.2, 0.25) is 0 Å². The van der Waals surface area contributed by atoms with Crippen LogP contribution >= 0.6 is 11.3 Å². The Kier molecular flexibility index (Phi) is 5.13. The Hall–Kier alpha value is -1.56. The van der Waals surface area contributed by atoms with Crippen LogP contribution in [0.1, 0.15) is 60.2 Å². The first-order chi connectivity index (χ1) is 11.4. The van der Waals surface area contributed by atoms with E-state index < -0.39 is 11.7 Å². The van der Waals surface area contributed by atoms with Crippen LogP contribution in [0, 0.1) is 0 Å². The number of fused-ring (bicyclic) bond motifs is 1. The summed E-state index contributed by atoms with van der Waals surface area (Å²) in [6, 6.07) is 5.46. The monoisotopic (exact) mass is 355 g/mol. The predicted molar refractivity (Wildman–Crippen MR) is 90.4 cm³/mol. The maximum atomic E-state index is 12.8. The molecule has 1 aromatic carbocycles. The molecular formula is C18H20F3NOS. The van der Waals surface area contributed by atoms with Crippen molar-refractivity contribution < 1.29 is 18.0 Å². The first kappa shape index (κ1) is 17.3. The number of rotatable bonds is 2. The molecule has 0 bridgehead atoms. The van der Waals surface area contributed by atoms with E-state index in [-0.39, 0.29) is 11.9 Å². The van der Waals surface area contributed by atoms with Gasteiger partial charge in [-0.1, -0.05) is 38.2 Å². The Balaban J connectivity index is 1.74. The van der Waals surface area contributed by atoms with Crippen LogP contribution in [0.3, 0.4) is 0 Å². The molecule has 1 heterocycles. The number of thiophene rings is 1. The van der Waals surface area contributed by atoms with Gasteiger partial charge in [-0.2, -0.15) is 13.2 Å². The number of alkyl halides is 3. The zero-order chi connectivity index (χ0) is 17.2. The number of carbonyl (C=O) groups excluding carboxylic acids is 1. The van der Waals surface area contributed by atoms with E-state index in [0.29, 0.717) is 15.0 Å². The molecule has 0 aliphatic heterocycles. The molecular weight excluding hydrogens is 335 g/mol. The maximum Gasteiger partial charge on any atom is 0.416 e. The zero-order valence-corrected chi connectivity index (χ0v) is 14.1. The number of benzene rings is 1. The Morgan fingerprint density at radius 2 is 1.71 bits per heavy atom. The Labute approximate surface area is 143 Å². The van der Waals surface area contributed by atoms with Crippen molar-refractivity contribution in [1.82, 2.24) is 5.32 Å². The van der Waals surface area contributed by atoms with Crippen molar-refractivity contribution >= 4 is 27.3 Å². The third kappa shape index (κ3) is 4.09. The molecule has 0 spiro atoms. The van der Waals surface area contributed by atoms with Gasteiger partial charge in [0.25, 0.3) is 5.91 Å². The highest BCUT2D eigenvalue weighted by Gasteiger charge is 2.30. The molecule has 1 aromatic heterocycles. The normalized spacial score (nSPS) is 17.5. The van der Waals surface area contributed by atoms with Gasteiger partial charge in [0.2, 0.25) is 0 Å². The summed E-state index contributed by atoms with van der Waals surface area (Å²) < 4.78 is 38.9. The van der Waals surface area contributed by atoms with Gasteiger partial charge >= 0.3 is 6.18 Å². The van der Waals surface area contributed by atoms with Crippen LogP contribution in [0.15, 0.2) is 24.3 Å². The lowest BCUT2D eigenvalue weighted by Crippen LogP contribution is -2.34.